The molecule has 0 aliphatic carbocycles. The standard InChI is InChI=1S/C26H26F2N6O2/c1-31-15-21(19-13-17(27)3-5-22(19)31)25-29-30-26(35)34(25)24-16-33(23-6-4-18(28)14-20(23)24)8-2-7-32-9-11-36-12-10-32/h3-6,13-16H,2,7-12H2,1H3,(H,30,35). The second kappa shape index (κ2) is 9.03. The maximum absolute atomic E-state index is 14.4. The zero-order valence-corrected chi connectivity index (χ0v) is 19.9. The van der Waals surface area contributed by atoms with E-state index in [1.54, 1.807) is 12.1 Å². The van der Waals surface area contributed by atoms with Gasteiger partial charge in [0.1, 0.15) is 11.6 Å². The molecule has 10 heteroatoms. The number of aromatic nitrogens is 5. The Balaban J connectivity index is 1.44. The van der Waals surface area contributed by atoms with E-state index in [0.717, 1.165) is 50.3 Å². The summed E-state index contributed by atoms with van der Waals surface area (Å²) in [6, 6.07) is 9.13. The van der Waals surface area contributed by atoms with Crippen molar-refractivity contribution in [2.24, 2.45) is 7.05 Å². The second-order valence-corrected chi connectivity index (χ2v) is 9.18. The molecule has 0 saturated carbocycles. The average molecular weight is 493 g/mol. The Morgan fingerprint density at radius 2 is 1.69 bits per heavy atom. The molecule has 6 rings (SSSR count). The molecular formula is C26H26F2N6O2. The fraction of sp³-hybridized carbons (Fsp3) is 0.308. The summed E-state index contributed by atoms with van der Waals surface area (Å²) in [5.74, 6) is -0.425. The highest BCUT2D eigenvalue weighted by molar-refractivity contribution is 5.96. The van der Waals surface area contributed by atoms with E-state index in [-0.39, 0.29) is 11.6 Å². The number of nitrogens with one attached hydrogen (secondary N) is 1. The summed E-state index contributed by atoms with van der Waals surface area (Å²) >= 11 is 0. The van der Waals surface area contributed by atoms with Gasteiger partial charge in [0.25, 0.3) is 0 Å². The third-order valence-corrected chi connectivity index (χ3v) is 6.90. The highest BCUT2D eigenvalue weighted by Gasteiger charge is 2.21. The van der Waals surface area contributed by atoms with Crippen LogP contribution in [0.2, 0.25) is 0 Å². The van der Waals surface area contributed by atoms with Crippen LogP contribution in [-0.4, -0.2) is 61.6 Å². The summed E-state index contributed by atoms with van der Waals surface area (Å²) in [6.07, 6.45) is 4.59. The predicted molar refractivity (Wildman–Crippen MR) is 133 cm³/mol. The number of ether oxygens (including phenoxy) is 1. The number of H-pyrrole nitrogens is 1. The minimum Gasteiger partial charge on any atom is -0.379 e. The van der Waals surface area contributed by atoms with Crippen LogP contribution in [-0.2, 0) is 18.3 Å². The van der Waals surface area contributed by atoms with Crippen LogP contribution in [0.3, 0.4) is 0 Å². The van der Waals surface area contributed by atoms with Gasteiger partial charge in [0, 0.05) is 67.5 Å². The van der Waals surface area contributed by atoms with E-state index >= 15 is 0 Å². The quantitative estimate of drug-likeness (QED) is 0.393. The topological polar surface area (TPSA) is 73.0 Å². The first kappa shape index (κ1) is 22.7. The number of aromatic amines is 1. The van der Waals surface area contributed by atoms with E-state index in [0.29, 0.717) is 34.4 Å². The Bertz CT molecular complexity index is 1620. The minimum absolute atomic E-state index is 0.341. The first-order valence-electron chi connectivity index (χ1n) is 12.0. The lowest BCUT2D eigenvalue weighted by molar-refractivity contribution is 0.0370. The highest BCUT2D eigenvalue weighted by atomic mass is 19.1. The van der Waals surface area contributed by atoms with Crippen molar-refractivity contribution >= 4 is 21.8 Å². The third kappa shape index (κ3) is 3.92. The molecule has 3 aromatic heterocycles. The van der Waals surface area contributed by atoms with Gasteiger partial charge in [-0.1, -0.05) is 0 Å². The summed E-state index contributed by atoms with van der Waals surface area (Å²) in [7, 11) is 1.86. The molecule has 1 fully saturated rings. The van der Waals surface area contributed by atoms with Crippen molar-refractivity contribution in [1.82, 2.24) is 28.8 Å². The van der Waals surface area contributed by atoms with Crippen LogP contribution >= 0.6 is 0 Å². The number of aryl methyl sites for hydroxylation is 2. The fourth-order valence-electron chi connectivity index (χ4n) is 5.15. The Morgan fingerprint density at radius 3 is 2.47 bits per heavy atom. The van der Waals surface area contributed by atoms with E-state index < -0.39 is 5.69 Å². The molecule has 1 aliphatic heterocycles. The van der Waals surface area contributed by atoms with Crippen molar-refractivity contribution < 1.29 is 13.5 Å². The summed E-state index contributed by atoms with van der Waals surface area (Å²) in [6.45, 7) is 4.98. The van der Waals surface area contributed by atoms with Crippen molar-refractivity contribution in [3.05, 3.63) is 70.9 Å². The molecule has 1 aliphatic rings. The number of halogens is 2. The maximum atomic E-state index is 14.4. The number of rotatable bonds is 6. The molecule has 186 valence electrons. The zero-order chi connectivity index (χ0) is 24.8. The molecule has 36 heavy (non-hydrogen) atoms. The lowest BCUT2D eigenvalue weighted by Crippen LogP contribution is -2.37. The zero-order valence-electron chi connectivity index (χ0n) is 19.9. The van der Waals surface area contributed by atoms with Gasteiger partial charge in [-0.2, -0.15) is 5.10 Å². The van der Waals surface area contributed by atoms with Crippen LogP contribution in [0.25, 0.3) is 38.9 Å². The van der Waals surface area contributed by atoms with Crippen molar-refractivity contribution in [1.29, 1.82) is 0 Å². The number of benzene rings is 2. The van der Waals surface area contributed by atoms with E-state index in [4.69, 9.17) is 4.74 Å². The summed E-state index contributed by atoms with van der Waals surface area (Å²) in [5, 5.41) is 8.06. The molecule has 8 nitrogen and oxygen atoms in total. The third-order valence-electron chi connectivity index (χ3n) is 6.90. The molecule has 1 N–H and O–H groups in total. The molecule has 1 saturated heterocycles. The summed E-state index contributed by atoms with van der Waals surface area (Å²) in [4.78, 5) is 15.4. The number of morpholine rings is 1. The first-order chi connectivity index (χ1) is 17.5. The number of hydrogen-bond acceptors (Lipinski definition) is 4. The van der Waals surface area contributed by atoms with Gasteiger partial charge in [0.05, 0.1) is 24.4 Å². The lowest BCUT2D eigenvalue weighted by Gasteiger charge is -2.26. The van der Waals surface area contributed by atoms with Crippen molar-refractivity contribution in [2.45, 2.75) is 13.0 Å². The molecule has 0 bridgehead atoms. The van der Waals surface area contributed by atoms with Gasteiger partial charge in [0.2, 0.25) is 0 Å². The molecule has 0 amide bonds. The monoisotopic (exact) mass is 492 g/mol. The first-order valence-corrected chi connectivity index (χ1v) is 12.0. The maximum Gasteiger partial charge on any atom is 0.348 e. The van der Waals surface area contributed by atoms with Gasteiger partial charge in [-0.05, 0) is 42.8 Å². The highest BCUT2D eigenvalue weighted by Crippen LogP contribution is 2.33. The number of nitrogens with zero attached hydrogens (tertiary/aromatic N) is 5. The molecule has 0 unspecified atom stereocenters. The number of fused-ring (bicyclic) bond motifs is 2. The van der Waals surface area contributed by atoms with Crippen molar-refractivity contribution in [3.8, 4) is 17.1 Å². The van der Waals surface area contributed by atoms with Gasteiger partial charge in [-0.25, -0.2) is 23.2 Å². The summed E-state index contributed by atoms with van der Waals surface area (Å²) in [5.41, 5.74) is 2.32. The second-order valence-electron chi connectivity index (χ2n) is 9.18. The summed E-state index contributed by atoms with van der Waals surface area (Å²) < 4.78 is 39.3. The Labute approximate surface area is 205 Å². The normalized spacial score (nSPS) is 14.9. The van der Waals surface area contributed by atoms with Crippen LogP contribution < -0.4 is 5.69 Å². The van der Waals surface area contributed by atoms with Gasteiger partial charge < -0.3 is 13.9 Å². The van der Waals surface area contributed by atoms with Crippen LogP contribution in [0.4, 0.5) is 8.78 Å². The average Bonchev–Trinajstić information content (AvgIpc) is 3.52. The molecule has 4 heterocycles. The van der Waals surface area contributed by atoms with Crippen molar-refractivity contribution in [3.63, 3.8) is 0 Å². The minimum atomic E-state index is -0.449. The lowest BCUT2D eigenvalue weighted by atomic mass is 10.1. The molecule has 0 radical (unpaired) electrons. The molecule has 0 atom stereocenters. The molecule has 0 spiro atoms. The molecule has 5 aromatic rings. The molecular weight excluding hydrogens is 466 g/mol. The van der Waals surface area contributed by atoms with Crippen LogP contribution in [0.15, 0.2) is 53.6 Å². The van der Waals surface area contributed by atoms with E-state index in [9.17, 15) is 13.6 Å². The van der Waals surface area contributed by atoms with Gasteiger partial charge in [-0.15, -0.1) is 0 Å². The van der Waals surface area contributed by atoms with E-state index in [2.05, 4.69) is 19.7 Å². The smallest absolute Gasteiger partial charge is 0.348 e. The van der Waals surface area contributed by atoms with Crippen LogP contribution in [0.5, 0.6) is 0 Å². The fourth-order valence-corrected chi connectivity index (χ4v) is 5.15. The van der Waals surface area contributed by atoms with E-state index in [1.165, 1.54) is 28.8 Å². The van der Waals surface area contributed by atoms with E-state index in [1.807, 2.05) is 24.0 Å². The van der Waals surface area contributed by atoms with Gasteiger partial charge >= 0.3 is 5.69 Å². The van der Waals surface area contributed by atoms with Gasteiger partial charge in [-0.3, -0.25) is 4.90 Å². The number of hydrogen-bond donors (Lipinski definition) is 1. The van der Waals surface area contributed by atoms with Crippen molar-refractivity contribution in [2.75, 3.05) is 32.8 Å². The Kier molecular flexibility index (Phi) is 5.69. The van der Waals surface area contributed by atoms with Gasteiger partial charge in [0.15, 0.2) is 5.82 Å². The predicted octanol–water partition coefficient (Wildman–Crippen LogP) is 3.67. The molecule has 2 aromatic carbocycles. The SMILES string of the molecule is Cn1cc(-c2n[nH]c(=O)n2-c2cn(CCCN3CCOCC3)c3ccc(F)cc23)c2cc(F)ccc21. The Morgan fingerprint density at radius 1 is 0.972 bits per heavy atom. The largest absolute Gasteiger partial charge is 0.379 e. The Hall–Kier alpha value is -3.76. The van der Waals surface area contributed by atoms with Crippen LogP contribution in [0, 0.1) is 11.6 Å². The van der Waals surface area contributed by atoms with Crippen LogP contribution in [0.1, 0.15) is 6.42 Å².